The Bertz CT molecular complexity index is 687. The molecular formula is C19H19NO3. The second-order valence-corrected chi connectivity index (χ2v) is 4.97. The minimum absolute atomic E-state index is 0.191. The molecule has 0 unspecified atom stereocenters. The van der Waals surface area contributed by atoms with Gasteiger partial charge in [-0.15, -0.1) is 0 Å². The van der Waals surface area contributed by atoms with Crippen LogP contribution in [0.1, 0.15) is 25.3 Å². The van der Waals surface area contributed by atoms with Gasteiger partial charge in [0.25, 0.3) is 0 Å². The molecule has 118 valence electrons. The van der Waals surface area contributed by atoms with Crippen LogP contribution in [0.5, 0.6) is 5.75 Å². The molecule has 2 rings (SSSR count). The fraction of sp³-hybridized carbons (Fsp3) is 0.263. The zero-order valence-corrected chi connectivity index (χ0v) is 13.1. The molecular weight excluding hydrogens is 290 g/mol. The summed E-state index contributed by atoms with van der Waals surface area (Å²) in [6, 6.07) is 17.3. The lowest BCUT2D eigenvalue weighted by Gasteiger charge is -2.07. The van der Waals surface area contributed by atoms with Crippen LogP contribution in [0, 0.1) is 11.3 Å². The summed E-state index contributed by atoms with van der Waals surface area (Å²) < 4.78 is 10.5. The van der Waals surface area contributed by atoms with Crippen molar-refractivity contribution in [1.29, 1.82) is 5.26 Å². The van der Waals surface area contributed by atoms with E-state index in [1.165, 1.54) is 0 Å². The Balaban J connectivity index is 1.87. The topological polar surface area (TPSA) is 59.3 Å². The Morgan fingerprint density at radius 3 is 2.61 bits per heavy atom. The number of nitrogens with zero attached hydrogens (tertiary/aromatic N) is 1. The van der Waals surface area contributed by atoms with Crippen LogP contribution in [0.15, 0.2) is 48.5 Å². The zero-order chi connectivity index (χ0) is 16.5. The highest BCUT2D eigenvalue weighted by Gasteiger charge is 2.03. The number of esters is 1. The summed E-state index contributed by atoms with van der Waals surface area (Å²) in [6.45, 7) is 2.68. The third-order valence-electron chi connectivity index (χ3n) is 3.28. The van der Waals surface area contributed by atoms with E-state index in [0.717, 1.165) is 16.9 Å². The third kappa shape index (κ3) is 5.15. The van der Waals surface area contributed by atoms with E-state index in [1.54, 1.807) is 13.0 Å². The van der Waals surface area contributed by atoms with Gasteiger partial charge in [-0.25, -0.2) is 0 Å². The molecule has 0 radical (unpaired) electrons. The van der Waals surface area contributed by atoms with Crippen molar-refractivity contribution in [3.63, 3.8) is 0 Å². The Labute approximate surface area is 136 Å². The maximum Gasteiger partial charge on any atom is 0.305 e. The molecule has 0 saturated heterocycles. The highest BCUT2D eigenvalue weighted by atomic mass is 16.5. The molecule has 0 spiro atoms. The molecule has 0 aliphatic heterocycles. The van der Waals surface area contributed by atoms with Gasteiger partial charge in [-0.1, -0.05) is 24.3 Å². The lowest BCUT2D eigenvalue weighted by atomic mass is 10.0. The standard InChI is InChI=1S/C19H19NO3/c1-2-22-19(21)7-4-12-23-18-10-8-16(9-11-18)17-6-3-5-15(13-17)14-20/h3,5-6,8-11,13H,2,4,7,12H2,1H3. The van der Waals surface area contributed by atoms with Crippen molar-refractivity contribution < 1.29 is 14.3 Å². The molecule has 0 atom stereocenters. The molecule has 0 heterocycles. The Morgan fingerprint density at radius 2 is 1.91 bits per heavy atom. The van der Waals surface area contributed by atoms with Crippen molar-refractivity contribution >= 4 is 5.97 Å². The lowest BCUT2D eigenvalue weighted by Crippen LogP contribution is -2.06. The molecule has 0 aliphatic rings. The summed E-state index contributed by atoms with van der Waals surface area (Å²) in [5, 5.41) is 8.94. The number of rotatable bonds is 7. The average Bonchev–Trinajstić information content (AvgIpc) is 2.59. The Kier molecular flexibility index (Phi) is 6.19. The van der Waals surface area contributed by atoms with Crippen molar-refractivity contribution in [2.24, 2.45) is 0 Å². The predicted molar refractivity (Wildman–Crippen MR) is 88.0 cm³/mol. The normalized spacial score (nSPS) is 9.91. The average molecular weight is 309 g/mol. The van der Waals surface area contributed by atoms with Gasteiger partial charge in [0.2, 0.25) is 0 Å². The van der Waals surface area contributed by atoms with Gasteiger partial charge in [0.15, 0.2) is 0 Å². The van der Waals surface area contributed by atoms with E-state index in [9.17, 15) is 4.79 Å². The summed E-state index contributed by atoms with van der Waals surface area (Å²) in [5.74, 6) is 0.567. The van der Waals surface area contributed by atoms with Gasteiger partial charge in [0.1, 0.15) is 5.75 Å². The molecule has 23 heavy (non-hydrogen) atoms. The molecule has 0 bridgehead atoms. The van der Waals surface area contributed by atoms with Gasteiger partial charge >= 0.3 is 5.97 Å². The fourth-order valence-electron chi connectivity index (χ4n) is 2.15. The van der Waals surface area contributed by atoms with Crippen LogP contribution >= 0.6 is 0 Å². The molecule has 0 amide bonds. The summed E-state index contributed by atoms with van der Waals surface area (Å²) in [4.78, 5) is 11.2. The summed E-state index contributed by atoms with van der Waals surface area (Å²) >= 11 is 0. The van der Waals surface area contributed by atoms with E-state index in [1.807, 2.05) is 42.5 Å². The van der Waals surface area contributed by atoms with E-state index in [2.05, 4.69) is 6.07 Å². The molecule has 4 nitrogen and oxygen atoms in total. The molecule has 0 fully saturated rings. The first-order valence-electron chi connectivity index (χ1n) is 7.62. The van der Waals surface area contributed by atoms with Gasteiger partial charge in [0.05, 0.1) is 24.8 Å². The molecule has 4 heteroatoms. The van der Waals surface area contributed by atoms with Crippen LogP contribution < -0.4 is 4.74 Å². The largest absolute Gasteiger partial charge is 0.494 e. The van der Waals surface area contributed by atoms with Gasteiger partial charge in [-0.3, -0.25) is 4.79 Å². The summed E-state index contributed by atoms with van der Waals surface area (Å²) in [5.41, 5.74) is 2.67. The molecule has 2 aromatic rings. The van der Waals surface area contributed by atoms with Gasteiger partial charge in [-0.05, 0) is 48.7 Å². The van der Waals surface area contributed by atoms with E-state index < -0.39 is 0 Å². The number of hydrogen-bond acceptors (Lipinski definition) is 4. The smallest absolute Gasteiger partial charge is 0.305 e. The minimum atomic E-state index is -0.191. The highest BCUT2D eigenvalue weighted by Crippen LogP contribution is 2.23. The number of nitriles is 1. The minimum Gasteiger partial charge on any atom is -0.494 e. The Morgan fingerprint density at radius 1 is 1.13 bits per heavy atom. The van der Waals surface area contributed by atoms with Crippen LogP contribution in [-0.2, 0) is 9.53 Å². The first-order valence-corrected chi connectivity index (χ1v) is 7.62. The highest BCUT2D eigenvalue weighted by molar-refractivity contribution is 5.69. The maximum absolute atomic E-state index is 11.2. The number of hydrogen-bond donors (Lipinski definition) is 0. The molecule has 0 saturated carbocycles. The van der Waals surface area contributed by atoms with Gasteiger partial charge in [0, 0.05) is 6.42 Å². The molecule has 0 aromatic heterocycles. The van der Waals surface area contributed by atoms with Gasteiger partial charge < -0.3 is 9.47 Å². The SMILES string of the molecule is CCOC(=O)CCCOc1ccc(-c2cccc(C#N)c2)cc1. The summed E-state index contributed by atoms with van der Waals surface area (Å²) in [7, 11) is 0. The number of carbonyl (C=O) groups is 1. The zero-order valence-electron chi connectivity index (χ0n) is 13.1. The monoisotopic (exact) mass is 309 g/mol. The number of ether oxygens (including phenoxy) is 2. The van der Waals surface area contributed by atoms with Crippen LogP contribution in [0.25, 0.3) is 11.1 Å². The van der Waals surface area contributed by atoms with Crippen LogP contribution in [0.2, 0.25) is 0 Å². The van der Waals surface area contributed by atoms with Crippen molar-refractivity contribution in [2.45, 2.75) is 19.8 Å². The third-order valence-corrected chi connectivity index (χ3v) is 3.28. The van der Waals surface area contributed by atoms with Crippen molar-refractivity contribution in [1.82, 2.24) is 0 Å². The van der Waals surface area contributed by atoms with E-state index in [4.69, 9.17) is 14.7 Å². The first-order chi connectivity index (χ1) is 11.2. The Hall–Kier alpha value is -2.80. The van der Waals surface area contributed by atoms with E-state index in [-0.39, 0.29) is 5.97 Å². The lowest BCUT2D eigenvalue weighted by molar-refractivity contribution is -0.143. The van der Waals surface area contributed by atoms with E-state index >= 15 is 0 Å². The molecule has 0 N–H and O–H groups in total. The van der Waals surface area contributed by atoms with Crippen LogP contribution in [-0.4, -0.2) is 19.2 Å². The quantitative estimate of drug-likeness (QED) is 0.574. The fourth-order valence-corrected chi connectivity index (χ4v) is 2.15. The molecule has 0 aliphatic carbocycles. The molecule has 2 aromatic carbocycles. The van der Waals surface area contributed by atoms with E-state index in [0.29, 0.717) is 31.6 Å². The second-order valence-electron chi connectivity index (χ2n) is 4.97. The first kappa shape index (κ1) is 16.6. The van der Waals surface area contributed by atoms with Crippen LogP contribution in [0.4, 0.5) is 0 Å². The van der Waals surface area contributed by atoms with Crippen LogP contribution in [0.3, 0.4) is 0 Å². The van der Waals surface area contributed by atoms with Gasteiger partial charge in [-0.2, -0.15) is 5.26 Å². The predicted octanol–water partition coefficient (Wildman–Crippen LogP) is 3.95. The second kappa shape index (κ2) is 8.60. The number of benzene rings is 2. The summed E-state index contributed by atoms with van der Waals surface area (Å²) in [6.07, 6.45) is 0.998. The maximum atomic E-state index is 11.2. The van der Waals surface area contributed by atoms with Crippen molar-refractivity contribution in [3.05, 3.63) is 54.1 Å². The number of carbonyl (C=O) groups excluding carboxylic acids is 1. The van der Waals surface area contributed by atoms with Crippen molar-refractivity contribution in [3.8, 4) is 22.9 Å². The van der Waals surface area contributed by atoms with Crippen molar-refractivity contribution in [2.75, 3.05) is 13.2 Å².